The molecule has 0 saturated carbocycles. The first-order chi connectivity index (χ1) is 12.5. The lowest BCUT2D eigenvalue weighted by molar-refractivity contribution is -0.157. The van der Waals surface area contributed by atoms with Crippen LogP contribution in [0, 0.1) is 0 Å². The Labute approximate surface area is 156 Å². The largest absolute Gasteiger partial charge is 0.497 e. The second kappa shape index (κ2) is 8.03. The monoisotopic (exact) mass is 376 g/mol. The molecule has 1 unspecified atom stereocenters. The topological polar surface area (TPSA) is 101 Å². The average Bonchev–Trinajstić information content (AvgIpc) is 3.04. The summed E-state index contributed by atoms with van der Waals surface area (Å²) in [5.41, 5.74) is 6.02. The number of hydrogen-bond donors (Lipinski definition) is 3. The molecule has 0 spiro atoms. The Hall–Kier alpha value is -2.16. The highest BCUT2D eigenvalue weighted by molar-refractivity contribution is 7.13. The maximum Gasteiger partial charge on any atom is 0.256 e. The van der Waals surface area contributed by atoms with Crippen molar-refractivity contribution in [2.24, 2.45) is 0 Å². The van der Waals surface area contributed by atoms with Crippen molar-refractivity contribution in [3.8, 4) is 5.75 Å². The summed E-state index contributed by atoms with van der Waals surface area (Å²) in [7, 11) is 1.62. The molecule has 0 bridgehead atoms. The number of nitrogen functional groups attached to an aromatic ring is 1. The van der Waals surface area contributed by atoms with Crippen LogP contribution >= 0.6 is 11.3 Å². The van der Waals surface area contributed by atoms with Crippen molar-refractivity contribution in [1.82, 2.24) is 15.2 Å². The Morgan fingerprint density at radius 2 is 2.35 bits per heavy atom. The first-order valence-corrected chi connectivity index (χ1v) is 9.43. The van der Waals surface area contributed by atoms with E-state index in [1.165, 1.54) is 11.3 Å². The van der Waals surface area contributed by atoms with E-state index in [1.807, 2.05) is 29.6 Å². The minimum atomic E-state index is -1.39. The molecular formula is C18H24N4O3S. The number of anilines is 1. The highest BCUT2D eigenvalue weighted by Gasteiger charge is 2.41. The van der Waals surface area contributed by atoms with Gasteiger partial charge in [0.2, 0.25) is 0 Å². The zero-order valence-corrected chi connectivity index (χ0v) is 15.6. The zero-order chi connectivity index (χ0) is 18.6. The maximum atomic E-state index is 12.8. The van der Waals surface area contributed by atoms with Crippen LogP contribution in [0.15, 0.2) is 29.6 Å². The highest BCUT2D eigenvalue weighted by Crippen LogP contribution is 2.25. The molecule has 2 aromatic rings. The average molecular weight is 376 g/mol. The molecule has 1 fully saturated rings. The molecule has 7 nitrogen and oxygen atoms in total. The van der Waals surface area contributed by atoms with E-state index in [2.05, 4.69) is 10.3 Å². The van der Waals surface area contributed by atoms with Crippen molar-refractivity contribution in [3.63, 3.8) is 0 Å². The lowest BCUT2D eigenvalue weighted by atomic mass is 9.91. The Kier molecular flexibility index (Phi) is 5.75. The van der Waals surface area contributed by atoms with Gasteiger partial charge in [-0.15, -0.1) is 11.3 Å². The fraction of sp³-hybridized carbons (Fsp3) is 0.444. The number of nitrogens with two attached hydrogens (primary N) is 1. The summed E-state index contributed by atoms with van der Waals surface area (Å²) in [6, 6.07) is 7.63. The number of carbonyl (C=O) groups excluding carboxylic acids is 1. The fourth-order valence-corrected chi connectivity index (χ4v) is 3.74. The molecule has 1 amide bonds. The summed E-state index contributed by atoms with van der Waals surface area (Å²) >= 11 is 1.37. The predicted molar refractivity (Wildman–Crippen MR) is 101 cm³/mol. The van der Waals surface area contributed by atoms with Crippen molar-refractivity contribution in [1.29, 1.82) is 0 Å². The molecule has 4 N–H and O–H groups in total. The molecule has 1 aromatic heterocycles. The van der Waals surface area contributed by atoms with Crippen molar-refractivity contribution in [2.45, 2.75) is 31.5 Å². The van der Waals surface area contributed by atoms with Crippen LogP contribution < -0.4 is 15.8 Å². The lowest BCUT2D eigenvalue weighted by Gasteiger charge is -2.38. The first kappa shape index (κ1) is 18.6. The minimum Gasteiger partial charge on any atom is -0.497 e. The van der Waals surface area contributed by atoms with E-state index in [-0.39, 0.29) is 12.5 Å². The number of aromatic nitrogens is 1. The Bertz CT molecular complexity index is 766. The molecule has 26 heavy (non-hydrogen) atoms. The van der Waals surface area contributed by atoms with Gasteiger partial charge in [0.25, 0.3) is 5.91 Å². The lowest BCUT2D eigenvalue weighted by Crippen LogP contribution is -2.57. The summed E-state index contributed by atoms with van der Waals surface area (Å²) in [5.74, 6) is 0.517. The number of amides is 1. The van der Waals surface area contributed by atoms with Gasteiger partial charge in [-0.05, 0) is 30.5 Å². The molecule has 1 saturated heterocycles. The standard InChI is InChI=1S/C18H24N4O3S/c1-25-15-5-2-4-13(8-15)10-22-7-3-6-18(24,16(22)23)12-20-9-14-11-26-17(19)21-14/h2,4-5,8,11,20,24H,3,6-7,9-10,12H2,1H3,(H2,19,21). The molecule has 140 valence electrons. The Morgan fingerprint density at radius 3 is 3.08 bits per heavy atom. The Balaban J connectivity index is 1.60. The summed E-state index contributed by atoms with van der Waals surface area (Å²) in [6.45, 7) is 1.76. The molecule has 3 rings (SSSR count). The molecule has 1 aliphatic rings. The second-order valence-electron chi connectivity index (χ2n) is 6.49. The summed E-state index contributed by atoms with van der Waals surface area (Å²) in [5, 5.41) is 16.4. The van der Waals surface area contributed by atoms with Crippen LogP contribution in [0.3, 0.4) is 0 Å². The van der Waals surface area contributed by atoms with Crippen molar-refractivity contribution in [3.05, 3.63) is 40.9 Å². The van der Waals surface area contributed by atoms with Crippen molar-refractivity contribution < 1.29 is 14.6 Å². The zero-order valence-electron chi connectivity index (χ0n) is 14.8. The smallest absolute Gasteiger partial charge is 0.256 e. The molecule has 0 radical (unpaired) electrons. The van der Waals surface area contributed by atoms with E-state index in [0.29, 0.717) is 31.2 Å². The third-order valence-electron chi connectivity index (χ3n) is 4.50. The van der Waals surface area contributed by atoms with Crippen molar-refractivity contribution in [2.75, 3.05) is 25.9 Å². The number of hydrogen-bond acceptors (Lipinski definition) is 7. The minimum absolute atomic E-state index is 0.192. The normalized spacial score (nSPS) is 20.4. The van der Waals surface area contributed by atoms with Gasteiger partial charge in [0, 0.05) is 31.6 Å². The number of rotatable bonds is 7. The molecule has 0 aliphatic carbocycles. The number of aliphatic hydroxyl groups is 1. The number of nitrogens with zero attached hydrogens (tertiary/aromatic N) is 2. The molecular weight excluding hydrogens is 352 g/mol. The van der Waals surface area contributed by atoms with E-state index in [4.69, 9.17) is 10.5 Å². The molecule has 2 heterocycles. The number of ether oxygens (including phenoxy) is 1. The van der Waals surface area contributed by atoms with Gasteiger partial charge in [-0.1, -0.05) is 12.1 Å². The number of benzene rings is 1. The maximum absolute atomic E-state index is 12.8. The predicted octanol–water partition coefficient (Wildman–Crippen LogP) is 1.38. The fourth-order valence-electron chi connectivity index (χ4n) is 3.17. The van der Waals surface area contributed by atoms with Gasteiger partial charge >= 0.3 is 0 Å². The highest BCUT2D eigenvalue weighted by atomic mass is 32.1. The van der Waals surface area contributed by atoms with Crippen LogP contribution in [0.2, 0.25) is 0 Å². The first-order valence-electron chi connectivity index (χ1n) is 8.55. The molecule has 1 aliphatic heterocycles. The van der Waals surface area contributed by atoms with Crippen LogP contribution in [0.1, 0.15) is 24.1 Å². The third-order valence-corrected chi connectivity index (χ3v) is 5.23. The SMILES string of the molecule is COc1cccc(CN2CCCC(O)(CNCc3csc(N)n3)C2=O)c1. The van der Waals surface area contributed by atoms with Crippen LogP contribution in [0.4, 0.5) is 5.13 Å². The number of methoxy groups -OCH3 is 1. The number of piperidine rings is 1. The van der Waals surface area contributed by atoms with Gasteiger partial charge in [-0.3, -0.25) is 4.79 Å². The number of likely N-dealkylation sites (tertiary alicyclic amines) is 1. The second-order valence-corrected chi connectivity index (χ2v) is 7.38. The molecule has 8 heteroatoms. The van der Waals surface area contributed by atoms with Gasteiger partial charge in [0.05, 0.1) is 12.8 Å². The van der Waals surface area contributed by atoms with E-state index in [1.54, 1.807) is 12.0 Å². The van der Waals surface area contributed by atoms with E-state index >= 15 is 0 Å². The quantitative estimate of drug-likeness (QED) is 0.675. The molecule has 1 aromatic carbocycles. The van der Waals surface area contributed by atoms with Gasteiger partial charge in [0.15, 0.2) is 10.7 Å². The summed E-state index contributed by atoms with van der Waals surface area (Å²) in [4.78, 5) is 18.7. The molecule has 1 atom stereocenters. The van der Waals surface area contributed by atoms with Crippen LogP contribution in [-0.2, 0) is 17.9 Å². The van der Waals surface area contributed by atoms with Gasteiger partial charge < -0.3 is 25.8 Å². The summed E-state index contributed by atoms with van der Waals surface area (Å²) in [6.07, 6.45) is 1.21. The summed E-state index contributed by atoms with van der Waals surface area (Å²) < 4.78 is 5.23. The number of carbonyl (C=O) groups is 1. The Morgan fingerprint density at radius 1 is 1.50 bits per heavy atom. The van der Waals surface area contributed by atoms with Crippen LogP contribution in [-0.4, -0.2) is 46.7 Å². The van der Waals surface area contributed by atoms with E-state index in [9.17, 15) is 9.90 Å². The third kappa shape index (κ3) is 4.32. The van der Waals surface area contributed by atoms with E-state index in [0.717, 1.165) is 23.4 Å². The van der Waals surface area contributed by atoms with Crippen LogP contribution in [0.5, 0.6) is 5.75 Å². The number of thiazole rings is 1. The number of nitrogens with one attached hydrogen (secondary N) is 1. The van der Waals surface area contributed by atoms with Gasteiger partial charge in [-0.25, -0.2) is 4.98 Å². The van der Waals surface area contributed by atoms with Gasteiger partial charge in [0.1, 0.15) is 5.75 Å². The van der Waals surface area contributed by atoms with E-state index < -0.39 is 5.60 Å². The van der Waals surface area contributed by atoms with Crippen molar-refractivity contribution >= 4 is 22.4 Å². The van der Waals surface area contributed by atoms with Crippen LogP contribution in [0.25, 0.3) is 0 Å². The van der Waals surface area contributed by atoms with Gasteiger partial charge in [-0.2, -0.15) is 0 Å².